The lowest BCUT2D eigenvalue weighted by atomic mass is 9.93. The summed E-state index contributed by atoms with van der Waals surface area (Å²) in [6.45, 7) is 0. The van der Waals surface area contributed by atoms with E-state index in [1.54, 1.807) is 0 Å². The van der Waals surface area contributed by atoms with E-state index in [1.807, 2.05) is 24.3 Å². The van der Waals surface area contributed by atoms with Crippen LogP contribution in [-0.2, 0) is 14.3 Å². The van der Waals surface area contributed by atoms with Gasteiger partial charge in [-0.25, -0.2) is 0 Å². The van der Waals surface area contributed by atoms with E-state index in [0.29, 0.717) is 6.42 Å². The van der Waals surface area contributed by atoms with Crippen molar-refractivity contribution in [1.29, 1.82) is 0 Å². The SMILES string of the molecule is COC(=O)CC(CC=O)c1ccc(Br)cc1. The molecule has 0 radical (unpaired) electrons. The van der Waals surface area contributed by atoms with Crippen LogP contribution in [0.1, 0.15) is 24.3 Å². The Kier molecular flexibility index (Phi) is 5.19. The average Bonchev–Trinajstić information content (AvgIpc) is 2.29. The van der Waals surface area contributed by atoms with Crippen LogP contribution in [-0.4, -0.2) is 19.4 Å². The van der Waals surface area contributed by atoms with Gasteiger partial charge < -0.3 is 9.53 Å². The first-order valence-corrected chi connectivity index (χ1v) is 5.72. The van der Waals surface area contributed by atoms with Gasteiger partial charge in [-0.15, -0.1) is 0 Å². The highest BCUT2D eigenvalue weighted by Crippen LogP contribution is 2.24. The molecule has 0 aliphatic carbocycles. The highest BCUT2D eigenvalue weighted by molar-refractivity contribution is 9.10. The number of esters is 1. The molecule has 0 spiro atoms. The highest BCUT2D eigenvalue weighted by Gasteiger charge is 2.15. The fraction of sp³-hybridized carbons (Fsp3) is 0.333. The molecular weight excluding hydrogens is 272 g/mol. The van der Waals surface area contributed by atoms with E-state index in [1.165, 1.54) is 7.11 Å². The fourth-order valence-corrected chi connectivity index (χ4v) is 1.74. The van der Waals surface area contributed by atoms with Crippen molar-refractivity contribution in [3.05, 3.63) is 34.3 Å². The zero-order chi connectivity index (χ0) is 12.0. The summed E-state index contributed by atoms with van der Waals surface area (Å²) in [6, 6.07) is 7.59. The summed E-state index contributed by atoms with van der Waals surface area (Å²) in [4.78, 5) is 21.8. The Bertz CT molecular complexity index is 359. The Morgan fingerprint density at radius 1 is 1.44 bits per heavy atom. The maximum absolute atomic E-state index is 11.2. The third-order valence-electron chi connectivity index (χ3n) is 2.36. The maximum atomic E-state index is 11.2. The van der Waals surface area contributed by atoms with Gasteiger partial charge in [-0.1, -0.05) is 28.1 Å². The van der Waals surface area contributed by atoms with E-state index in [0.717, 1.165) is 16.3 Å². The maximum Gasteiger partial charge on any atom is 0.306 e. The smallest absolute Gasteiger partial charge is 0.306 e. The van der Waals surface area contributed by atoms with Crippen LogP contribution in [0.15, 0.2) is 28.7 Å². The molecule has 1 aromatic carbocycles. The zero-order valence-electron chi connectivity index (χ0n) is 8.98. The molecule has 0 saturated heterocycles. The molecule has 1 aromatic rings. The Morgan fingerprint density at radius 2 is 2.06 bits per heavy atom. The molecule has 1 unspecified atom stereocenters. The van der Waals surface area contributed by atoms with E-state index in [2.05, 4.69) is 20.7 Å². The predicted molar refractivity (Wildman–Crippen MR) is 64.2 cm³/mol. The summed E-state index contributed by atoms with van der Waals surface area (Å²) in [5.74, 6) is -0.396. The summed E-state index contributed by atoms with van der Waals surface area (Å²) >= 11 is 3.34. The van der Waals surface area contributed by atoms with Gasteiger partial charge in [0.05, 0.1) is 13.5 Å². The number of hydrogen-bond acceptors (Lipinski definition) is 3. The van der Waals surface area contributed by atoms with E-state index >= 15 is 0 Å². The molecule has 0 aliphatic heterocycles. The van der Waals surface area contributed by atoms with Gasteiger partial charge in [0, 0.05) is 16.8 Å². The van der Waals surface area contributed by atoms with Crippen molar-refractivity contribution in [2.45, 2.75) is 18.8 Å². The zero-order valence-corrected chi connectivity index (χ0v) is 10.6. The van der Waals surface area contributed by atoms with Crippen molar-refractivity contribution >= 4 is 28.2 Å². The Balaban J connectivity index is 2.80. The number of halogens is 1. The minimum Gasteiger partial charge on any atom is -0.469 e. The number of hydrogen-bond donors (Lipinski definition) is 0. The minimum atomic E-state index is -0.297. The van der Waals surface area contributed by atoms with Crippen molar-refractivity contribution in [3.8, 4) is 0 Å². The Labute approximate surface area is 103 Å². The number of ether oxygens (including phenoxy) is 1. The molecule has 0 amide bonds. The molecule has 3 nitrogen and oxygen atoms in total. The van der Waals surface area contributed by atoms with Gasteiger partial charge in [0.2, 0.25) is 0 Å². The van der Waals surface area contributed by atoms with Gasteiger partial charge in [-0.05, 0) is 17.7 Å². The summed E-state index contributed by atoms with van der Waals surface area (Å²) in [5, 5.41) is 0. The van der Waals surface area contributed by atoms with Gasteiger partial charge in [-0.3, -0.25) is 4.79 Å². The van der Waals surface area contributed by atoms with Crippen LogP contribution < -0.4 is 0 Å². The van der Waals surface area contributed by atoms with Crippen molar-refractivity contribution in [2.24, 2.45) is 0 Å². The molecule has 0 aromatic heterocycles. The second kappa shape index (κ2) is 6.43. The highest BCUT2D eigenvalue weighted by atomic mass is 79.9. The molecule has 0 aliphatic rings. The van der Waals surface area contributed by atoms with Crippen LogP contribution in [0.3, 0.4) is 0 Å². The van der Waals surface area contributed by atoms with Crippen LogP contribution in [0.25, 0.3) is 0 Å². The quantitative estimate of drug-likeness (QED) is 0.617. The van der Waals surface area contributed by atoms with Crippen molar-refractivity contribution < 1.29 is 14.3 Å². The number of rotatable bonds is 5. The summed E-state index contributed by atoms with van der Waals surface area (Å²) in [6.07, 6.45) is 1.39. The number of aldehydes is 1. The summed E-state index contributed by atoms with van der Waals surface area (Å²) in [5.41, 5.74) is 0.973. The minimum absolute atomic E-state index is 0.0990. The molecule has 1 rings (SSSR count). The molecular formula is C12H13BrO3. The predicted octanol–water partition coefficient (Wildman–Crippen LogP) is 2.68. The van der Waals surface area contributed by atoms with Crippen molar-refractivity contribution in [2.75, 3.05) is 7.11 Å². The van der Waals surface area contributed by atoms with E-state index in [4.69, 9.17) is 0 Å². The van der Waals surface area contributed by atoms with Gasteiger partial charge in [0.25, 0.3) is 0 Å². The molecule has 0 saturated carbocycles. The molecule has 0 heterocycles. The van der Waals surface area contributed by atoms with Gasteiger partial charge in [-0.2, -0.15) is 0 Å². The van der Waals surface area contributed by atoms with Crippen molar-refractivity contribution in [1.82, 2.24) is 0 Å². The Hall–Kier alpha value is -1.16. The van der Waals surface area contributed by atoms with Crippen molar-refractivity contribution in [3.63, 3.8) is 0 Å². The molecule has 16 heavy (non-hydrogen) atoms. The van der Waals surface area contributed by atoms with E-state index in [9.17, 15) is 9.59 Å². The van der Waals surface area contributed by atoms with Crippen LogP contribution in [0, 0.1) is 0 Å². The number of carbonyl (C=O) groups excluding carboxylic acids is 2. The first kappa shape index (κ1) is 12.9. The fourth-order valence-electron chi connectivity index (χ4n) is 1.47. The lowest BCUT2D eigenvalue weighted by Crippen LogP contribution is -2.09. The van der Waals surface area contributed by atoms with Crippen LogP contribution in [0.2, 0.25) is 0 Å². The van der Waals surface area contributed by atoms with Crippen LogP contribution >= 0.6 is 15.9 Å². The van der Waals surface area contributed by atoms with Gasteiger partial charge in [0.1, 0.15) is 6.29 Å². The first-order chi connectivity index (χ1) is 7.67. The van der Waals surface area contributed by atoms with Gasteiger partial charge >= 0.3 is 5.97 Å². The van der Waals surface area contributed by atoms with E-state index in [-0.39, 0.29) is 18.3 Å². The lowest BCUT2D eigenvalue weighted by Gasteiger charge is -2.13. The second-order valence-electron chi connectivity index (χ2n) is 3.43. The summed E-state index contributed by atoms with van der Waals surface area (Å²) in [7, 11) is 1.35. The largest absolute Gasteiger partial charge is 0.469 e. The third kappa shape index (κ3) is 3.77. The molecule has 4 heteroatoms. The monoisotopic (exact) mass is 284 g/mol. The number of carbonyl (C=O) groups is 2. The molecule has 0 fully saturated rings. The topological polar surface area (TPSA) is 43.4 Å². The number of methoxy groups -OCH3 is 1. The first-order valence-electron chi connectivity index (χ1n) is 4.93. The molecule has 86 valence electrons. The average molecular weight is 285 g/mol. The number of benzene rings is 1. The normalized spacial score (nSPS) is 11.9. The molecule has 0 bridgehead atoms. The van der Waals surface area contributed by atoms with Crippen LogP contribution in [0.4, 0.5) is 0 Å². The van der Waals surface area contributed by atoms with Crippen LogP contribution in [0.5, 0.6) is 0 Å². The van der Waals surface area contributed by atoms with Gasteiger partial charge in [0.15, 0.2) is 0 Å². The Morgan fingerprint density at radius 3 is 2.56 bits per heavy atom. The third-order valence-corrected chi connectivity index (χ3v) is 2.89. The summed E-state index contributed by atoms with van der Waals surface area (Å²) < 4.78 is 5.58. The molecule has 1 atom stereocenters. The second-order valence-corrected chi connectivity index (χ2v) is 4.35. The standard InChI is InChI=1S/C12H13BrO3/c1-16-12(15)8-10(6-7-14)9-2-4-11(13)5-3-9/h2-5,7,10H,6,8H2,1H3. The lowest BCUT2D eigenvalue weighted by molar-refractivity contribution is -0.141. The van der Waals surface area contributed by atoms with E-state index < -0.39 is 0 Å². The molecule has 0 N–H and O–H groups in total.